The van der Waals surface area contributed by atoms with Crippen molar-refractivity contribution >= 4 is 30.7 Å². The first-order valence-electron chi connectivity index (χ1n) is 6.80. The van der Waals surface area contributed by atoms with Gasteiger partial charge in [0.1, 0.15) is 23.7 Å². The zero-order valence-corrected chi connectivity index (χ0v) is 14.9. The van der Waals surface area contributed by atoms with Crippen LogP contribution in [0.5, 0.6) is 0 Å². The maximum Gasteiger partial charge on any atom is 0.240 e. The van der Waals surface area contributed by atoms with Crippen LogP contribution in [0.4, 0.5) is 4.39 Å². The van der Waals surface area contributed by atoms with E-state index in [2.05, 4.69) is 10.3 Å². The van der Waals surface area contributed by atoms with Crippen molar-refractivity contribution in [1.82, 2.24) is 14.9 Å². The molecule has 1 heterocycles. The van der Waals surface area contributed by atoms with Gasteiger partial charge in [-0.25, -0.2) is 9.37 Å². The Kier molecular flexibility index (Phi) is 9.53. The lowest BCUT2D eigenvalue weighted by molar-refractivity contribution is -0.124. The van der Waals surface area contributed by atoms with E-state index in [0.717, 1.165) is 0 Å². The number of benzene rings is 1. The highest BCUT2D eigenvalue weighted by Gasteiger charge is 2.23. The number of aromatic nitrogens is 2. The molecule has 134 valence electrons. The van der Waals surface area contributed by atoms with Crippen molar-refractivity contribution in [2.24, 2.45) is 12.8 Å². The summed E-state index contributed by atoms with van der Waals surface area (Å²) in [5.74, 6) is -0.185. The van der Waals surface area contributed by atoms with Crippen LogP contribution in [-0.2, 0) is 16.6 Å². The molecule has 2 rings (SSSR count). The molecule has 0 aliphatic carbocycles. The molecule has 0 aliphatic heterocycles. The molecular formula is C15H21Cl2FN4O2. The van der Waals surface area contributed by atoms with Crippen molar-refractivity contribution < 1.29 is 13.9 Å². The molecule has 0 saturated heterocycles. The van der Waals surface area contributed by atoms with Crippen LogP contribution in [0.3, 0.4) is 0 Å². The maximum absolute atomic E-state index is 13.5. The molecule has 6 nitrogen and oxygen atoms in total. The van der Waals surface area contributed by atoms with E-state index in [1.54, 1.807) is 36.1 Å². The van der Waals surface area contributed by atoms with Crippen molar-refractivity contribution in [3.8, 4) is 0 Å². The van der Waals surface area contributed by atoms with E-state index < -0.39 is 12.1 Å². The Morgan fingerprint density at radius 3 is 2.71 bits per heavy atom. The van der Waals surface area contributed by atoms with E-state index in [9.17, 15) is 9.18 Å². The van der Waals surface area contributed by atoms with Crippen molar-refractivity contribution in [2.75, 3.05) is 13.7 Å². The molecule has 0 aliphatic rings. The predicted octanol–water partition coefficient (Wildman–Crippen LogP) is 1.58. The Labute approximate surface area is 152 Å². The van der Waals surface area contributed by atoms with Gasteiger partial charge in [0.15, 0.2) is 0 Å². The number of nitrogens with zero attached hydrogens (tertiary/aromatic N) is 2. The minimum Gasteiger partial charge on any atom is -0.383 e. The molecule has 2 unspecified atom stereocenters. The molecule has 24 heavy (non-hydrogen) atoms. The number of aryl methyl sites for hydroxylation is 1. The van der Waals surface area contributed by atoms with Gasteiger partial charge in [-0.3, -0.25) is 4.79 Å². The summed E-state index contributed by atoms with van der Waals surface area (Å²) in [7, 11) is 3.27. The third-order valence-corrected chi connectivity index (χ3v) is 3.27. The topological polar surface area (TPSA) is 82.2 Å². The van der Waals surface area contributed by atoms with Gasteiger partial charge in [-0.1, -0.05) is 12.1 Å². The first-order chi connectivity index (χ1) is 10.5. The number of hydrogen-bond donors (Lipinski definition) is 2. The Hall–Kier alpha value is -1.67. The lowest BCUT2D eigenvalue weighted by atomic mass is 10.1. The highest BCUT2D eigenvalue weighted by atomic mass is 35.5. The number of carbonyl (C=O) groups is 1. The van der Waals surface area contributed by atoms with Gasteiger partial charge in [0.25, 0.3) is 0 Å². The van der Waals surface area contributed by atoms with Gasteiger partial charge in [0.05, 0.1) is 6.61 Å². The number of nitrogens with two attached hydrogens (primary N) is 1. The van der Waals surface area contributed by atoms with Crippen LogP contribution in [0.1, 0.15) is 17.4 Å². The summed E-state index contributed by atoms with van der Waals surface area (Å²) in [6, 6.07) is 4.62. The fraction of sp³-hybridized carbons (Fsp3) is 0.333. The van der Waals surface area contributed by atoms with Gasteiger partial charge in [-0.05, 0) is 17.7 Å². The minimum atomic E-state index is -0.804. The van der Waals surface area contributed by atoms with Crippen LogP contribution < -0.4 is 11.1 Å². The minimum absolute atomic E-state index is 0. The number of amides is 1. The molecule has 0 radical (unpaired) electrons. The summed E-state index contributed by atoms with van der Waals surface area (Å²) in [5, 5.41) is 2.79. The van der Waals surface area contributed by atoms with E-state index in [0.29, 0.717) is 11.4 Å². The van der Waals surface area contributed by atoms with E-state index >= 15 is 0 Å². The monoisotopic (exact) mass is 378 g/mol. The lowest BCUT2D eigenvalue weighted by Gasteiger charge is -2.21. The van der Waals surface area contributed by atoms with Gasteiger partial charge in [-0.2, -0.15) is 0 Å². The number of halogens is 3. The second-order valence-electron chi connectivity index (χ2n) is 4.95. The second kappa shape index (κ2) is 10.2. The van der Waals surface area contributed by atoms with Gasteiger partial charge < -0.3 is 20.4 Å². The van der Waals surface area contributed by atoms with E-state index in [1.807, 2.05) is 0 Å². The van der Waals surface area contributed by atoms with Gasteiger partial charge in [-0.15, -0.1) is 24.8 Å². The summed E-state index contributed by atoms with van der Waals surface area (Å²) < 4.78 is 20.1. The smallest absolute Gasteiger partial charge is 0.240 e. The standard InChI is InChI=1S/C15H19FN4O2.2ClH/c1-20-7-6-18-14(20)13(10-4-3-5-11(16)8-10)19-15(21)12(17)9-22-2;;/h3-8,12-13H,9,17H2,1-2H3,(H,19,21);2*1H. The normalized spacial score (nSPS) is 12.5. The van der Waals surface area contributed by atoms with Crippen LogP contribution in [0.25, 0.3) is 0 Å². The molecular weight excluding hydrogens is 358 g/mol. The highest BCUT2D eigenvalue weighted by Crippen LogP contribution is 2.21. The molecule has 0 spiro atoms. The number of ether oxygens (including phenoxy) is 1. The number of carbonyl (C=O) groups excluding carboxylic acids is 1. The molecule has 2 aromatic rings. The predicted molar refractivity (Wildman–Crippen MR) is 93.9 cm³/mol. The highest BCUT2D eigenvalue weighted by molar-refractivity contribution is 5.85. The Balaban J connectivity index is 0.00000264. The quantitative estimate of drug-likeness (QED) is 0.799. The average molecular weight is 379 g/mol. The van der Waals surface area contributed by atoms with Gasteiger partial charge in [0, 0.05) is 26.6 Å². The van der Waals surface area contributed by atoms with E-state index in [4.69, 9.17) is 10.5 Å². The molecule has 1 aromatic carbocycles. The zero-order valence-electron chi connectivity index (χ0n) is 13.3. The van der Waals surface area contributed by atoms with E-state index in [-0.39, 0.29) is 43.1 Å². The van der Waals surface area contributed by atoms with E-state index in [1.165, 1.54) is 19.2 Å². The summed E-state index contributed by atoms with van der Waals surface area (Å²) in [6.45, 7) is 0.0995. The van der Waals surface area contributed by atoms with Gasteiger partial charge >= 0.3 is 0 Å². The van der Waals surface area contributed by atoms with Crippen LogP contribution in [0, 0.1) is 5.82 Å². The van der Waals surface area contributed by atoms with Crippen LogP contribution in [0.2, 0.25) is 0 Å². The third kappa shape index (κ3) is 5.45. The first-order valence-corrected chi connectivity index (χ1v) is 6.80. The van der Waals surface area contributed by atoms with Crippen molar-refractivity contribution in [2.45, 2.75) is 12.1 Å². The Morgan fingerprint density at radius 1 is 1.46 bits per heavy atom. The summed E-state index contributed by atoms with van der Waals surface area (Å²) in [4.78, 5) is 16.4. The molecule has 0 fully saturated rings. The first kappa shape index (κ1) is 22.3. The van der Waals surface area contributed by atoms with Crippen LogP contribution in [0.15, 0.2) is 36.7 Å². The summed E-state index contributed by atoms with van der Waals surface area (Å²) in [6.07, 6.45) is 3.37. The van der Waals surface area contributed by atoms with Crippen molar-refractivity contribution in [3.05, 3.63) is 53.9 Å². The number of hydrogen-bond acceptors (Lipinski definition) is 4. The van der Waals surface area contributed by atoms with Crippen molar-refractivity contribution in [3.63, 3.8) is 0 Å². The Bertz CT molecular complexity index is 654. The fourth-order valence-corrected chi connectivity index (χ4v) is 2.14. The average Bonchev–Trinajstić information content (AvgIpc) is 2.90. The van der Waals surface area contributed by atoms with Crippen molar-refractivity contribution in [1.29, 1.82) is 0 Å². The third-order valence-electron chi connectivity index (χ3n) is 3.27. The Morgan fingerprint density at radius 2 is 2.17 bits per heavy atom. The van der Waals surface area contributed by atoms with Crippen LogP contribution >= 0.6 is 24.8 Å². The van der Waals surface area contributed by atoms with Gasteiger partial charge in [0.2, 0.25) is 5.91 Å². The lowest BCUT2D eigenvalue weighted by Crippen LogP contribution is -2.45. The zero-order chi connectivity index (χ0) is 16.1. The number of nitrogens with one attached hydrogen (secondary N) is 1. The molecule has 1 aromatic heterocycles. The molecule has 2 atom stereocenters. The number of rotatable bonds is 6. The summed E-state index contributed by atoms with van der Waals surface area (Å²) >= 11 is 0. The fourth-order valence-electron chi connectivity index (χ4n) is 2.14. The summed E-state index contributed by atoms with van der Waals surface area (Å²) in [5.41, 5.74) is 6.33. The molecule has 9 heteroatoms. The number of methoxy groups -OCH3 is 1. The second-order valence-corrected chi connectivity index (χ2v) is 4.95. The molecule has 0 saturated carbocycles. The van der Waals surface area contributed by atoms with Crippen LogP contribution in [-0.4, -0.2) is 35.2 Å². The molecule has 0 bridgehead atoms. The maximum atomic E-state index is 13.5. The number of imidazole rings is 1. The largest absolute Gasteiger partial charge is 0.383 e. The SMILES string of the molecule is COCC(N)C(=O)NC(c1cccc(F)c1)c1nccn1C.Cl.Cl. The molecule has 1 amide bonds. The molecule has 3 N–H and O–H groups in total.